The van der Waals surface area contributed by atoms with Crippen LogP contribution in [0.2, 0.25) is 0 Å². The number of aromatic nitrogens is 3. The van der Waals surface area contributed by atoms with Gasteiger partial charge in [0.1, 0.15) is 16.4 Å². The minimum Gasteiger partial charge on any atom is -0.465 e. The van der Waals surface area contributed by atoms with Gasteiger partial charge in [0.05, 0.1) is 12.9 Å². The van der Waals surface area contributed by atoms with Crippen molar-refractivity contribution in [2.24, 2.45) is 7.05 Å². The largest absolute Gasteiger partial charge is 0.465 e. The maximum Gasteiger partial charge on any atom is 0.341 e. The van der Waals surface area contributed by atoms with Gasteiger partial charge in [-0.1, -0.05) is 36.0 Å². The summed E-state index contributed by atoms with van der Waals surface area (Å²) in [6.45, 7) is 0. The number of hydrogen-bond donors (Lipinski definition) is 1. The van der Waals surface area contributed by atoms with Crippen LogP contribution >= 0.6 is 23.1 Å². The molecule has 186 valence electrons. The Hall–Kier alpha value is -3.70. The number of nitrogens with one attached hydrogen (secondary N) is 1. The number of hydrogen-bond acceptors (Lipinski definition) is 8. The average molecular weight is 526 g/mol. The molecule has 2 aromatic heterocycles. The van der Waals surface area contributed by atoms with Gasteiger partial charge in [0, 0.05) is 43.3 Å². The molecule has 0 spiro atoms. The van der Waals surface area contributed by atoms with Gasteiger partial charge in [-0.15, -0.1) is 21.5 Å². The van der Waals surface area contributed by atoms with Crippen molar-refractivity contribution in [2.45, 2.75) is 5.16 Å². The monoisotopic (exact) mass is 525 g/mol. The molecule has 36 heavy (non-hydrogen) atoms. The number of benzene rings is 2. The molecular weight excluding hydrogens is 501 g/mol. The molecule has 0 bridgehead atoms. The first-order valence-electron chi connectivity index (χ1n) is 10.8. The highest BCUT2D eigenvalue weighted by Crippen LogP contribution is 2.36. The van der Waals surface area contributed by atoms with E-state index in [0.29, 0.717) is 27.1 Å². The molecule has 0 aliphatic heterocycles. The van der Waals surface area contributed by atoms with Crippen LogP contribution in [0.5, 0.6) is 0 Å². The van der Waals surface area contributed by atoms with Crippen LogP contribution in [0.4, 0.5) is 15.1 Å². The molecular formula is C25H24FN5O3S2. The van der Waals surface area contributed by atoms with E-state index in [2.05, 4.69) is 15.5 Å². The number of anilines is 2. The Labute approximate surface area is 216 Å². The van der Waals surface area contributed by atoms with E-state index in [1.165, 1.54) is 42.3 Å². The molecule has 1 amide bonds. The zero-order valence-corrected chi connectivity index (χ0v) is 21.7. The van der Waals surface area contributed by atoms with Crippen LogP contribution < -0.4 is 10.2 Å². The first-order valence-corrected chi connectivity index (χ1v) is 12.7. The van der Waals surface area contributed by atoms with E-state index in [4.69, 9.17) is 4.74 Å². The molecule has 11 heteroatoms. The predicted octanol–water partition coefficient (Wildman–Crippen LogP) is 4.93. The molecule has 1 N–H and O–H groups in total. The standard InChI is InChI=1S/C25H24FN5O3S2/c1-30(2)18-7-5-6-16(12-18)22-28-29-25(31(22)3)36-14-20(32)27-23-21(24(33)34-4)19(13-35-23)15-8-10-17(26)11-9-15/h5-13H,14H2,1-4H3,(H,27,32). The Balaban J connectivity index is 1.48. The average Bonchev–Trinajstić information content (AvgIpc) is 3.46. The Morgan fingerprint density at radius 1 is 1.14 bits per heavy atom. The van der Waals surface area contributed by atoms with Crippen LogP contribution in [0, 0.1) is 5.82 Å². The normalized spacial score (nSPS) is 10.8. The van der Waals surface area contributed by atoms with Crippen LogP contribution in [0.25, 0.3) is 22.5 Å². The summed E-state index contributed by atoms with van der Waals surface area (Å²) in [5.41, 5.74) is 3.40. The lowest BCUT2D eigenvalue weighted by Crippen LogP contribution is -2.16. The van der Waals surface area contributed by atoms with Crippen molar-refractivity contribution >= 4 is 45.7 Å². The van der Waals surface area contributed by atoms with Crippen LogP contribution in [-0.4, -0.2) is 53.6 Å². The molecule has 0 aliphatic rings. The second-order valence-electron chi connectivity index (χ2n) is 8.00. The zero-order valence-electron chi connectivity index (χ0n) is 20.1. The van der Waals surface area contributed by atoms with Crippen molar-refractivity contribution in [3.63, 3.8) is 0 Å². The summed E-state index contributed by atoms with van der Waals surface area (Å²) in [5.74, 6) is -0.518. The van der Waals surface area contributed by atoms with Crippen molar-refractivity contribution in [2.75, 3.05) is 37.2 Å². The Morgan fingerprint density at radius 3 is 2.58 bits per heavy atom. The molecule has 4 aromatic rings. The number of methoxy groups -OCH3 is 1. The third-order valence-corrected chi connectivity index (χ3v) is 7.29. The molecule has 0 saturated carbocycles. The molecule has 0 atom stereocenters. The number of carbonyl (C=O) groups excluding carboxylic acids is 2. The van der Waals surface area contributed by atoms with Crippen molar-refractivity contribution in [1.29, 1.82) is 0 Å². The van der Waals surface area contributed by atoms with Gasteiger partial charge in [0.25, 0.3) is 0 Å². The topological polar surface area (TPSA) is 89.3 Å². The number of nitrogens with zero attached hydrogens (tertiary/aromatic N) is 4. The van der Waals surface area contributed by atoms with Crippen LogP contribution in [0.15, 0.2) is 59.1 Å². The van der Waals surface area contributed by atoms with E-state index >= 15 is 0 Å². The van der Waals surface area contributed by atoms with Crippen LogP contribution in [0.1, 0.15) is 10.4 Å². The van der Waals surface area contributed by atoms with Gasteiger partial charge >= 0.3 is 5.97 Å². The van der Waals surface area contributed by atoms with E-state index in [0.717, 1.165) is 11.3 Å². The highest BCUT2D eigenvalue weighted by molar-refractivity contribution is 7.99. The maximum atomic E-state index is 13.3. The fourth-order valence-electron chi connectivity index (χ4n) is 3.50. The van der Waals surface area contributed by atoms with E-state index < -0.39 is 5.97 Å². The fraction of sp³-hybridized carbons (Fsp3) is 0.200. The minimum absolute atomic E-state index is 0.0636. The molecule has 4 rings (SSSR count). The van der Waals surface area contributed by atoms with E-state index in [9.17, 15) is 14.0 Å². The Bertz CT molecular complexity index is 1400. The quantitative estimate of drug-likeness (QED) is 0.258. The Kier molecular flexibility index (Phi) is 7.70. The van der Waals surface area contributed by atoms with Gasteiger partial charge in [0.15, 0.2) is 11.0 Å². The van der Waals surface area contributed by atoms with E-state index in [1.54, 1.807) is 17.5 Å². The molecule has 0 radical (unpaired) electrons. The van der Waals surface area contributed by atoms with E-state index in [-0.39, 0.29) is 23.0 Å². The lowest BCUT2D eigenvalue weighted by atomic mass is 10.0. The number of ether oxygens (including phenoxy) is 1. The number of thioether (sulfide) groups is 1. The first-order chi connectivity index (χ1) is 17.3. The maximum absolute atomic E-state index is 13.3. The molecule has 2 aromatic carbocycles. The molecule has 0 aliphatic carbocycles. The van der Waals surface area contributed by atoms with E-state index in [1.807, 2.05) is 54.9 Å². The SMILES string of the molecule is COC(=O)c1c(-c2ccc(F)cc2)csc1NC(=O)CSc1nnc(-c2cccc(N(C)C)c2)n1C. The van der Waals surface area contributed by atoms with Crippen molar-refractivity contribution in [3.8, 4) is 22.5 Å². The highest BCUT2D eigenvalue weighted by atomic mass is 32.2. The molecule has 0 unspecified atom stereocenters. The van der Waals surface area contributed by atoms with Crippen molar-refractivity contribution in [3.05, 3.63) is 65.3 Å². The lowest BCUT2D eigenvalue weighted by Gasteiger charge is -2.13. The number of amides is 1. The Morgan fingerprint density at radius 2 is 1.89 bits per heavy atom. The lowest BCUT2D eigenvalue weighted by molar-refractivity contribution is -0.113. The summed E-state index contributed by atoms with van der Waals surface area (Å²) in [5, 5.41) is 14.0. The van der Waals surface area contributed by atoms with Crippen molar-refractivity contribution < 1.29 is 18.7 Å². The number of halogens is 1. The summed E-state index contributed by atoms with van der Waals surface area (Å²) < 4.78 is 20.1. The summed E-state index contributed by atoms with van der Waals surface area (Å²) in [7, 11) is 7.06. The van der Waals surface area contributed by atoms with Crippen LogP contribution in [-0.2, 0) is 16.6 Å². The molecule has 0 fully saturated rings. The number of carbonyl (C=O) groups is 2. The second-order valence-corrected chi connectivity index (χ2v) is 9.82. The zero-order chi connectivity index (χ0) is 25.8. The highest BCUT2D eigenvalue weighted by Gasteiger charge is 2.23. The molecule has 0 saturated heterocycles. The number of rotatable bonds is 8. The smallest absolute Gasteiger partial charge is 0.341 e. The van der Waals surface area contributed by atoms with Gasteiger partial charge in [-0.05, 0) is 29.8 Å². The first kappa shape index (κ1) is 25.4. The third kappa shape index (κ3) is 5.42. The van der Waals surface area contributed by atoms with Gasteiger partial charge < -0.3 is 19.5 Å². The second kappa shape index (κ2) is 10.9. The minimum atomic E-state index is -0.587. The number of thiophene rings is 1. The van der Waals surface area contributed by atoms with Gasteiger partial charge in [-0.25, -0.2) is 9.18 Å². The molecule has 8 nitrogen and oxygen atoms in total. The third-order valence-electron chi connectivity index (χ3n) is 5.38. The van der Waals surface area contributed by atoms with Crippen molar-refractivity contribution in [1.82, 2.24) is 14.8 Å². The summed E-state index contributed by atoms with van der Waals surface area (Å²) in [6, 6.07) is 13.7. The van der Waals surface area contributed by atoms with Gasteiger partial charge in [-0.3, -0.25) is 4.79 Å². The summed E-state index contributed by atoms with van der Waals surface area (Å²) >= 11 is 2.44. The fourth-order valence-corrected chi connectivity index (χ4v) is 5.19. The predicted molar refractivity (Wildman–Crippen MR) is 141 cm³/mol. The summed E-state index contributed by atoms with van der Waals surface area (Å²) in [6.07, 6.45) is 0. The summed E-state index contributed by atoms with van der Waals surface area (Å²) in [4.78, 5) is 27.3. The van der Waals surface area contributed by atoms with Gasteiger partial charge in [-0.2, -0.15) is 0 Å². The molecule has 2 heterocycles. The van der Waals surface area contributed by atoms with Gasteiger partial charge in [0.2, 0.25) is 5.91 Å². The van der Waals surface area contributed by atoms with Crippen LogP contribution in [0.3, 0.4) is 0 Å². The number of esters is 1.